The van der Waals surface area contributed by atoms with Gasteiger partial charge in [0, 0.05) is 5.88 Å². The molecule has 1 unspecified atom stereocenters. The van der Waals surface area contributed by atoms with Crippen molar-refractivity contribution in [3.8, 4) is 6.07 Å². The zero-order chi connectivity index (χ0) is 11.5. The largest absolute Gasteiger partial charge is 0.238 e. The van der Waals surface area contributed by atoms with Crippen molar-refractivity contribution in [1.29, 1.82) is 5.26 Å². The highest BCUT2D eigenvalue weighted by atomic mass is 35.5. The van der Waals surface area contributed by atoms with Gasteiger partial charge in [0.05, 0.1) is 16.9 Å². The Morgan fingerprint density at radius 1 is 1.40 bits per heavy atom. The molecule has 1 rings (SSSR count). The Bertz CT molecular complexity index is 476. The number of nitriles is 1. The van der Waals surface area contributed by atoms with Crippen LogP contribution in [-0.2, 0) is 10.0 Å². The smallest absolute Gasteiger partial charge is 0.225 e. The lowest BCUT2D eigenvalue weighted by molar-refractivity contribution is 0.598. The molecule has 0 aliphatic rings. The molecule has 0 bridgehead atoms. The van der Waals surface area contributed by atoms with Crippen molar-refractivity contribution >= 4 is 21.6 Å². The second kappa shape index (κ2) is 4.62. The summed E-state index contributed by atoms with van der Waals surface area (Å²) in [5.74, 6) is -0.258. The third kappa shape index (κ3) is 2.93. The van der Waals surface area contributed by atoms with Crippen molar-refractivity contribution < 1.29 is 8.42 Å². The Hall–Kier alpha value is -1.09. The Morgan fingerprint density at radius 2 is 1.93 bits per heavy atom. The summed E-state index contributed by atoms with van der Waals surface area (Å²) in [7, 11) is -3.67. The molecule has 80 valence electrons. The lowest BCUT2D eigenvalue weighted by atomic mass is 10.0. The molecule has 0 saturated heterocycles. The van der Waals surface area contributed by atoms with Gasteiger partial charge in [-0.1, -0.05) is 12.1 Å². The van der Waals surface area contributed by atoms with Crippen LogP contribution in [0.2, 0.25) is 0 Å². The second-order valence-electron chi connectivity index (χ2n) is 2.95. The molecule has 6 heteroatoms. The fraction of sp³-hybridized carbons (Fsp3) is 0.222. The van der Waals surface area contributed by atoms with Crippen LogP contribution in [0.3, 0.4) is 0 Å². The van der Waals surface area contributed by atoms with Crippen molar-refractivity contribution in [3.63, 3.8) is 0 Å². The summed E-state index contributed by atoms with van der Waals surface area (Å²) in [6, 6.07) is 7.81. The molecule has 0 aliphatic heterocycles. The highest BCUT2D eigenvalue weighted by Gasteiger charge is 2.11. The number of nitrogens with two attached hydrogens (primary N) is 1. The SMILES string of the molecule is N#CC(CCl)c1ccc(S(N)(=O)=O)cc1. The van der Waals surface area contributed by atoms with Gasteiger partial charge in [0.15, 0.2) is 0 Å². The molecule has 0 fully saturated rings. The number of rotatable bonds is 3. The van der Waals surface area contributed by atoms with Crippen LogP contribution < -0.4 is 5.14 Å². The minimum absolute atomic E-state index is 0.0255. The summed E-state index contributed by atoms with van der Waals surface area (Å²) in [6.07, 6.45) is 0. The molecule has 0 radical (unpaired) electrons. The van der Waals surface area contributed by atoms with E-state index in [2.05, 4.69) is 0 Å². The van der Waals surface area contributed by atoms with Gasteiger partial charge in [-0.15, -0.1) is 11.6 Å². The van der Waals surface area contributed by atoms with E-state index in [0.29, 0.717) is 5.56 Å². The Kier molecular flexibility index (Phi) is 3.69. The van der Waals surface area contributed by atoms with Gasteiger partial charge in [0.2, 0.25) is 10.0 Å². The number of benzene rings is 1. The van der Waals surface area contributed by atoms with Gasteiger partial charge in [0.25, 0.3) is 0 Å². The van der Waals surface area contributed by atoms with Gasteiger partial charge in [0.1, 0.15) is 0 Å². The second-order valence-corrected chi connectivity index (χ2v) is 4.82. The first-order valence-electron chi connectivity index (χ1n) is 4.07. The molecule has 0 amide bonds. The number of hydrogen-bond acceptors (Lipinski definition) is 3. The first-order chi connectivity index (χ1) is 6.99. The summed E-state index contributed by atoms with van der Waals surface area (Å²) < 4.78 is 21.9. The number of hydrogen-bond donors (Lipinski definition) is 1. The maximum Gasteiger partial charge on any atom is 0.238 e. The Labute approximate surface area is 93.3 Å². The van der Waals surface area contributed by atoms with Gasteiger partial charge < -0.3 is 0 Å². The van der Waals surface area contributed by atoms with E-state index in [1.54, 1.807) is 0 Å². The van der Waals surface area contributed by atoms with Crippen LogP contribution in [0.1, 0.15) is 11.5 Å². The van der Waals surface area contributed by atoms with E-state index in [4.69, 9.17) is 22.0 Å². The summed E-state index contributed by atoms with van der Waals surface area (Å²) in [4.78, 5) is 0.0255. The van der Waals surface area contributed by atoms with E-state index in [9.17, 15) is 8.42 Å². The van der Waals surface area contributed by atoms with Crippen molar-refractivity contribution in [1.82, 2.24) is 0 Å². The fourth-order valence-corrected chi connectivity index (χ4v) is 1.85. The monoisotopic (exact) mass is 244 g/mol. The molecule has 1 atom stereocenters. The fourth-order valence-electron chi connectivity index (χ4n) is 1.09. The molecule has 4 nitrogen and oxygen atoms in total. The lowest BCUT2D eigenvalue weighted by Gasteiger charge is -2.05. The number of sulfonamides is 1. The van der Waals surface area contributed by atoms with E-state index >= 15 is 0 Å². The zero-order valence-electron chi connectivity index (χ0n) is 7.72. The summed E-state index contributed by atoms with van der Waals surface area (Å²) in [5, 5.41) is 13.7. The third-order valence-electron chi connectivity index (χ3n) is 1.92. The van der Waals surface area contributed by atoms with Crippen LogP contribution in [-0.4, -0.2) is 14.3 Å². The van der Waals surface area contributed by atoms with Crippen LogP contribution >= 0.6 is 11.6 Å². The van der Waals surface area contributed by atoms with E-state index in [1.807, 2.05) is 6.07 Å². The average molecular weight is 245 g/mol. The summed E-state index contributed by atoms with van der Waals surface area (Å²) in [5.41, 5.74) is 0.680. The number of halogens is 1. The first kappa shape index (κ1) is 12.0. The molecule has 0 aromatic heterocycles. The standard InChI is InChI=1S/C9H9ClN2O2S/c10-5-8(6-11)7-1-3-9(4-2-7)15(12,13)14/h1-4,8H,5H2,(H2,12,13,14). The van der Waals surface area contributed by atoms with Gasteiger partial charge in [-0.2, -0.15) is 5.26 Å². The predicted octanol–water partition coefficient (Wildman–Crippen LogP) is 1.18. The minimum Gasteiger partial charge on any atom is -0.225 e. The highest BCUT2D eigenvalue weighted by Crippen LogP contribution is 2.18. The van der Waals surface area contributed by atoms with Crippen molar-refractivity contribution in [2.24, 2.45) is 5.14 Å². The normalized spacial score (nSPS) is 13.1. The Balaban J connectivity index is 3.06. The number of nitrogens with zero attached hydrogens (tertiary/aromatic N) is 1. The topological polar surface area (TPSA) is 83.9 Å². The molecular weight excluding hydrogens is 236 g/mol. The Morgan fingerprint density at radius 3 is 2.27 bits per heavy atom. The first-order valence-corrected chi connectivity index (χ1v) is 6.15. The number of alkyl halides is 1. The van der Waals surface area contributed by atoms with Crippen LogP contribution in [0.25, 0.3) is 0 Å². The van der Waals surface area contributed by atoms with Crippen molar-refractivity contribution in [2.75, 3.05) is 5.88 Å². The molecule has 0 heterocycles. The van der Waals surface area contributed by atoms with Gasteiger partial charge in [-0.05, 0) is 17.7 Å². The van der Waals surface area contributed by atoms with Crippen LogP contribution in [0.15, 0.2) is 29.2 Å². The minimum atomic E-state index is -3.67. The quantitative estimate of drug-likeness (QED) is 0.811. The highest BCUT2D eigenvalue weighted by molar-refractivity contribution is 7.89. The molecule has 15 heavy (non-hydrogen) atoms. The van der Waals surface area contributed by atoms with Crippen LogP contribution in [0.4, 0.5) is 0 Å². The summed E-state index contributed by atoms with van der Waals surface area (Å²) >= 11 is 5.57. The lowest BCUT2D eigenvalue weighted by Crippen LogP contribution is -2.12. The predicted molar refractivity (Wildman–Crippen MR) is 56.9 cm³/mol. The number of primary sulfonamides is 1. The van der Waals surface area contributed by atoms with Gasteiger partial charge in [-0.3, -0.25) is 0 Å². The molecular formula is C9H9ClN2O2S. The van der Waals surface area contributed by atoms with E-state index in [-0.39, 0.29) is 10.8 Å². The molecule has 1 aromatic carbocycles. The van der Waals surface area contributed by atoms with Crippen molar-refractivity contribution in [3.05, 3.63) is 29.8 Å². The van der Waals surface area contributed by atoms with Crippen LogP contribution in [0.5, 0.6) is 0 Å². The van der Waals surface area contributed by atoms with E-state index < -0.39 is 15.9 Å². The van der Waals surface area contributed by atoms with Gasteiger partial charge in [-0.25, -0.2) is 13.6 Å². The summed E-state index contributed by atoms with van der Waals surface area (Å²) in [6.45, 7) is 0. The zero-order valence-corrected chi connectivity index (χ0v) is 9.29. The third-order valence-corrected chi connectivity index (χ3v) is 3.16. The van der Waals surface area contributed by atoms with E-state index in [1.165, 1.54) is 24.3 Å². The van der Waals surface area contributed by atoms with Crippen LogP contribution in [0, 0.1) is 11.3 Å². The molecule has 1 aromatic rings. The van der Waals surface area contributed by atoms with Gasteiger partial charge >= 0.3 is 0 Å². The molecule has 0 spiro atoms. The molecule has 0 saturated carbocycles. The maximum absolute atomic E-state index is 10.9. The van der Waals surface area contributed by atoms with E-state index in [0.717, 1.165) is 0 Å². The average Bonchev–Trinajstić information content (AvgIpc) is 2.19. The molecule has 0 aliphatic carbocycles. The molecule has 2 N–H and O–H groups in total. The maximum atomic E-state index is 10.9. The van der Waals surface area contributed by atoms with Crippen molar-refractivity contribution in [2.45, 2.75) is 10.8 Å².